The third kappa shape index (κ3) is 3.30. The van der Waals surface area contributed by atoms with E-state index in [1.165, 1.54) is 32.1 Å². The summed E-state index contributed by atoms with van der Waals surface area (Å²) in [4.78, 5) is 11.5. The first-order chi connectivity index (χ1) is 10.1. The third-order valence-corrected chi connectivity index (χ3v) is 6.45. The molecule has 0 aliphatic heterocycles. The average molecular weight is 296 g/mol. The fraction of sp³-hybridized carbons (Fsp3) is 1.00. The highest BCUT2D eigenvalue weighted by Crippen LogP contribution is 2.49. The highest BCUT2D eigenvalue weighted by atomic mass is 17.2. The zero-order chi connectivity index (χ0) is 14.9. The van der Waals surface area contributed by atoms with Crippen molar-refractivity contribution in [3.05, 3.63) is 0 Å². The summed E-state index contributed by atoms with van der Waals surface area (Å²) in [5.74, 6) is 1.07. The van der Waals surface area contributed by atoms with Crippen LogP contribution in [0.15, 0.2) is 0 Å². The molecule has 21 heavy (non-hydrogen) atoms. The summed E-state index contributed by atoms with van der Waals surface area (Å²) in [5.41, 5.74) is 0. The first-order valence-electron chi connectivity index (χ1n) is 9.18. The Labute approximate surface area is 129 Å². The zero-order valence-electron chi connectivity index (χ0n) is 13.7. The van der Waals surface area contributed by atoms with Gasteiger partial charge in [-0.2, -0.15) is 0 Å². The summed E-state index contributed by atoms with van der Waals surface area (Å²) in [5, 5.41) is 11.0. The van der Waals surface area contributed by atoms with E-state index in [1.807, 2.05) is 0 Å². The van der Waals surface area contributed by atoms with Crippen molar-refractivity contribution in [3.63, 3.8) is 0 Å². The predicted molar refractivity (Wildman–Crippen MR) is 82.4 cm³/mol. The Bertz CT molecular complexity index is 335. The molecule has 1 N–H and O–H groups in total. The second-order valence-corrected chi connectivity index (χ2v) is 7.85. The maximum atomic E-state index is 11.0. The Morgan fingerprint density at radius 2 is 1.81 bits per heavy atom. The number of fused-ring (bicyclic) bond motifs is 2. The second kappa shape index (κ2) is 6.55. The molecule has 0 heterocycles. The second-order valence-electron chi connectivity index (χ2n) is 7.85. The minimum Gasteiger partial charge on any atom is -0.363 e. The van der Waals surface area contributed by atoms with Gasteiger partial charge in [-0.15, -0.1) is 0 Å². The van der Waals surface area contributed by atoms with Crippen LogP contribution in [0.25, 0.3) is 0 Å². The van der Waals surface area contributed by atoms with Crippen LogP contribution in [0, 0.1) is 23.7 Å². The van der Waals surface area contributed by atoms with Gasteiger partial charge in [0.05, 0.1) is 6.10 Å². The topological polar surface area (TPSA) is 38.7 Å². The maximum absolute atomic E-state index is 11.0. The Morgan fingerprint density at radius 3 is 2.52 bits per heavy atom. The zero-order valence-corrected chi connectivity index (χ0v) is 13.7. The quantitative estimate of drug-likeness (QED) is 0.473. The lowest BCUT2D eigenvalue weighted by atomic mass is 9.65. The molecule has 0 amide bonds. The average Bonchev–Trinajstić information content (AvgIpc) is 2.52. The van der Waals surface area contributed by atoms with Crippen LogP contribution in [0.5, 0.6) is 0 Å². The minimum atomic E-state index is -1.04. The van der Waals surface area contributed by atoms with Crippen molar-refractivity contribution in [2.24, 2.45) is 23.7 Å². The number of aliphatic hydroxyl groups is 1. The summed E-state index contributed by atoms with van der Waals surface area (Å²) in [6.07, 6.45) is 12.0. The van der Waals surface area contributed by atoms with Gasteiger partial charge < -0.3 is 5.11 Å². The molecule has 3 aliphatic carbocycles. The van der Waals surface area contributed by atoms with Gasteiger partial charge in [0.15, 0.2) is 0 Å². The van der Waals surface area contributed by atoms with E-state index in [1.54, 1.807) is 0 Å². The van der Waals surface area contributed by atoms with Gasteiger partial charge in [0.2, 0.25) is 5.79 Å². The van der Waals surface area contributed by atoms with Crippen LogP contribution in [0.4, 0.5) is 0 Å². The van der Waals surface area contributed by atoms with Gasteiger partial charge in [0, 0.05) is 11.8 Å². The van der Waals surface area contributed by atoms with Crippen LogP contribution in [0.2, 0.25) is 0 Å². The van der Waals surface area contributed by atoms with Crippen LogP contribution in [0.1, 0.15) is 78.1 Å². The van der Waals surface area contributed by atoms with Crippen LogP contribution in [-0.2, 0) is 9.78 Å². The number of hydrogen-bond acceptors (Lipinski definition) is 3. The molecule has 0 aromatic rings. The molecule has 0 saturated heterocycles. The standard InChI is InChI=1S/C18H32O3/c1-3-14-7-9-17(10-8-14)20-21-18(19)13(2)11-15-5-4-6-16(18)12-15/h13-17,19H,3-12H2,1-2H3. The first-order valence-corrected chi connectivity index (χ1v) is 9.18. The fourth-order valence-corrected chi connectivity index (χ4v) is 4.88. The third-order valence-electron chi connectivity index (χ3n) is 6.45. The number of hydrogen-bond donors (Lipinski definition) is 1. The van der Waals surface area contributed by atoms with Gasteiger partial charge in [-0.3, -0.25) is 0 Å². The fourth-order valence-electron chi connectivity index (χ4n) is 4.88. The van der Waals surface area contributed by atoms with Crippen LogP contribution in [-0.4, -0.2) is 17.0 Å². The van der Waals surface area contributed by atoms with Crippen molar-refractivity contribution in [1.29, 1.82) is 0 Å². The molecule has 3 aliphatic rings. The van der Waals surface area contributed by atoms with Gasteiger partial charge in [-0.25, -0.2) is 9.78 Å². The van der Waals surface area contributed by atoms with E-state index in [0.29, 0.717) is 0 Å². The smallest absolute Gasteiger partial charge is 0.204 e. The Balaban J connectivity index is 1.53. The number of rotatable bonds is 4. The van der Waals surface area contributed by atoms with Crippen molar-refractivity contribution in [2.45, 2.75) is 89.9 Å². The highest BCUT2D eigenvalue weighted by molar-refractivity contribution is 4.93. The molecule has 122 valence electrons. The van der Waals surface area contributed by atoms with Crippen molar-refractivity contribution in [2.75, 3.05) is 0 Å². The molecule has 3 heteroatoms. The van der Waals surface area contributed by atoms with Gasteiger partial charge in [0.25, 0.3) is 0 Å². The monoisotopic (exact) mass is 296 g/mol. The molecule has 3 fully saturated rings. The van der Waals surface area contributed by atoms with Gasteiger partial charge in [0.1, 0.15) is 0 Å². The van der Waals surface area contributed by atoms with Crippen molar-refractivity contribution >= 4 is 0 Å². The summed E-state index contributed by atoms with van der Waals surface area (Å²) in [7, 11) is 0. The lowest BCUT2D eigenvalue weighted by Crippen LogP contribution is -2.53. The molecular formula is C18H32O3. The molecule has 0 spiro atoms. The lowest BCUT2D eigenvalue weighted by molar-refractivity contribution is -0.472. The largest absolute Gasteiger partial charge is 0.363 e. The van der Waals surface area contributed by atoms with E-state index < -0.39 is 5.79 Å². The molecule has 2 bridgehead atoms. The SMILES string of the molecule is CCC1CCC(OOC2(O)C(C)CC3CCCC2C3)CC1. The molecule has 4 atom stereocenters. The lowest BCUT2D eigenvalue weighted by Gasteiger charge is -2.48. The van der Waals surface area contributed by atoms with Crippen molar-refractivity contribution < 1.29 is 14.9 Å². The first kappa shape index (κ1) is 15.8. The summed E-state index contributed by atoms with van der Waals surface area (Å²) in [6.45, 7) is 4.40. The predicted octanol–water partition coefficient (Wildman–Crippen LogP) is 4.44. The molecule has 0 aromatic heterocycles. The molecule has 3 saturated carbocycles. The normalized spacial score (nSPS) is 47.3. The Morgan fingerprint density at radius 1 is 1.05 bits per heavy atom. The molecule has 0 radical (unpaired) electrons. The van der Waals surface area contributed by atoms with E-state index in [9.17, 15) is 5.11 Å². The molecular weight excluding hydrogens is 264 g/mol. The summed E-state index contributed by atoms with van der Waals surface area (Å²) in [6, 6.07) is 0. The van der Waals surface area contributed by atoms with Crippen molar-refractivity contribution in [3.8, 4) is 0 Å². The van der Waals surface area contributed by atoms with Crippen LogP contribution >= 0.6 is 0 Å². The van der Waals surface area contributed by atoms with Gasteiger partial charge in [-0.05, 0) is 56.8 Å². The van der Waals surface area contributed by atoms with Gasteiger partial charge in [-0.1, -0.05) is 33.1 Å². The molecule has 3 nitrogen and oxygen atoms in total. The van der Waals surface area contributed by atoms with Crippen molar-refractivity contribution in [1.82, 2.24) is 0 Å². The molecule has 3 rings (SSSR count). The molecule has 4 unspecified atom stereocenters. The Hall–Kier alpha value is -0.120. The summed E-state index contributed by atoms with van der Waals surface area (Å²) >= 11 is 0. The minimum absolute atomic E-state index is 0.185. The van der Waals surface area contributed by atoms with E-state index in [0.717, 1.165) is 43.9 Å². The van der Waals surface area contributed by atoms with E-state index in [-0.39, 0.29) is 17.9 Å². The van der Waals surface area contributed by atoms with E-state index >= 15 is 0 Å². The van der Waals surface area contributed by atoms with Gasteiger partial charge >= 0.3 is 0 Å². The molecule has 0 aromatic carbocycles. The van der Waals surface area contributed by atoms with Crippen LogP contribution < -0.4 is 0 Å². The van der Waals surface area contributed by atoms with E-state index in [4.69, 9.17) is 9.78 Å². The maximum Gasteiger partial charge on any atom is 0.204 e. The highest BCUT2D eigenvalue weighted by Gasteiger charge is 2.51. The van der Waals surface area contributed by atoms with Crippen LogP contribution in [0.3, 0.4) is 0 Å². The van der Waals surface area contributed by atoms with E-state index in [2.05, 4.69) is 13.8 Å². The summed E-state index contributed by atoms with van der Waals surface area (Å²) < 4.78 is 0. The Kier molecular flexibility index (Phi) is 4.92.